The van der Waals surface area contributed by atoms with Crippen molar-refractivity contribution >= 4 is 5.69 Å². The van der Waals surface area contributed by atoms with Crippen LogP contribution in [0.15, 0.2) is 36.7 Å². The van der Waals surface area contributed by atoms with Gasteiger partial charge >= 0.3 is 0 Å². The Bertz CT molecular complexity index is 548. The second-order valence-electron chi connectivity index (χ2n) is 4.24. The summed E-state index contributed by atoms with van der Waals surface area (Å²) in [6.07, 6.45) is 5.61. The summed E-state index contributed by atoms with van der Waals surface area (Å²) in [6.45, 7) is 1.53. The fourth-order valence-corrected chi connectivity index (χ4v) is 1.91. The lowest BCUT2D eigenvalue weighted by molar-refractivity contribution is -0.384. The van der Waals surface area contributed by atoms with Gasteiger partial charge in [-0.05, 0) is 31.5 Å². The maximum absolute atomic E-state index is 10.6. The van der Waals surface area contributed by atoms with Crippen molar-refractivity contribution in [3.05, 3.63) is 46.8 Å². The van der Waals surface area contributed by atoms with Gasteiger partial charge in [-0.3, -0.25) is 10.1 Å². The van der Waals surface area contributed by atoms with Gasteiger partial charge in [0.1, 0.15) is 5.82 Å². The van der Waals surface area contributed by atoms with E-state index in [9.17, 15) is 10.1 Å². The standard InChI is InChI=1S/C13H16N4O2/c14-7-1-2-9-16-10-8-15-13(16)11-3-5-12(6-4-11)17(18)19/h3-6,8,10H,1-2,7,9,14H2. The second-order valence-corrected chi connectivity index (χ2v) is 4.24. The number of nitrogens with two attached hydrogens (primary N) is 1. The molecule has 0 aliphatic heterocycles. The van der Waals surface area contributed by atoms with Crippen LogP contribution in [-0.2, 0) is 6.54 Å². The van der Waals surface area contributed by atoms with Gasteiger partial charge in [-0.1, -0.05) is 0 Å². The number of nitrogens with zero attached hydrogens (tertiary/aromatic N) is 3. The first-order valence-electron chi connectivity index (χ1n) is 6.18. The van der Waals surface area contributed by atoms with E-state index in [1.54, 1.807) is 18.3 Å². The Labute approximate surface area is 111 Å². The highest BCUT2D eigenvalue weighted by atomic mass is 16.6. The number of imidazole rings is 1. The van der Waals surface area contributed by atoms with Crippen LogP contribution in [0.2, 0.25) is 0 Å². The van der Waals surface area contributed by atoms with Crippen LogP contribution in [0.25, 0.3) is 11.4 Å². The van der Waals surface area contributed by atoms with Crippen LogP contribution in [0, 0.1) is 10.1 Å². The number of non-ortho nitro benzene ring substituents is 1. The molecule has 2 N–H and O–H groups in total. The van der Waals surface area contributed by atoms with E-state index in [1.165, 1.54) is 12.1 Å². The SMILES string of the molecule is NCCCCn1ccnc1-c1ccc([N+](=O)[O-])cc1. The molecule has 0 fully saturated rings. The molecule has 0 atom stereocenters. The van der Waals surface area contributed by atoms with E-state index >= 15 is 0 Å². The molecule has 0 bridgehead atoms. The number of hydrogen-bond acceptors (Lipinski definition) is 4. The van der Waals surface area contributed by atoms with Gasteiger partial charge in [0.05, 0.1) is 4.92 Å². The van der Waals surface area contributed by atoms with Crippen LogP contribution in [0.5, 0.6) is 0 Å². The third-order valence-corrected chi connectivity index (χ3v) is 2.90. The molecule has 0 saturated carbocycles. The summed E-state index contributed by atoms with van der Waals surface area (Å²) in [7, 11) is 0. The third-order valence-electron chi connectivity index (χ3n) is 2.90. The van der Waals surface area contributed by atoms with Crippen LogP contribution in [0.1, 0.15) is 12.8 Å². The average Bonchev–Trinajstić information content (AvgIpc) is 2.87. The molecule has 6 nitrogen and oxygen atoms in total. The zero-order chi connectivity index (χ0) is 13.7. The van der Waals surface area contributed by atoms with E-state index in [0.29, 0.717) is 6.54 Å². The van der Waals surface area contributed by atoms with Gasteiger partial charge in [-0.2, -0.15) is 0 Å². The zero-order valence-corrected chi connectivity index (χ0v) is 10.5. The molecular formula is C13H16N4O2. The lowest BCUT2D eigenvalue weighted by Crippen LogP contribution is -2.04. The van der Waals surface area contributed by atoms with Gasteiger partial charge in [0.15, 0.2) is 0 Å². The number of aryl methyl sites for hydroxylation is 1. The van der Waals surface area contributed by atoms with Gasteiger partial charge in [0, 0.05) is 36.6 Å². The predicted octanol–water partition coefficient (Wildman–Crippen LogP) is 2.20. The number of benzene rings is 1. The molecule has 1 aromatic carbocycles. The Balaban J connectivity index is 2.17. The molecule has 2 rings (SSSR count). The van der Waals surface area contributed by atoms with E-state index < -0.39 is 4.92 Å². The van der Waals surface area contributed by atoms with Crippen LogP contribution in [-0.4, -0.2) is 21.0 Å². The Kier molecular flexibility index (Phi) is 4.25. The highest BCUT2D eigenvalue weighted by Crippen LogP contribution is 2.21. The minimum absolute atomic E-state index is 0.0880. The molecule has 6 heteroatoms. The van der Waals surface area contributed by atoms with Crippen molar-refractivity contribution in [1.29, 1.82) is 0 Å². The van der Waals surface area contributed by atoms with Gasteiger partial charge in [0.2, 0.25) is 0 Å². The number of nitro groups is 1. The normalized spacial score (nSPS) is 10.6. The van der Waals surface area contributed by atoms with Crippen molar-refractivity contribution < 1.29 is 4.92 Å². The maximum Gasteiger partial charge on any atom is 0.269 e. The van der Waals surface area contributed by atoms with Crippen molar-refractivity contribution in [2.75, 3.05) is 6.54 Å². The van der Waals surface area contributed by atoms with Crippen molar-refractivity contribution in [2.45, 2.75) is 19.4 Å². The fraction of sp³-hybridized carbons (Fsp3) is 0.308. The smallest absolute Gasteiger partial charge is 0.269 e. The van der Waals surface area contributed by atoms with Crippen molar-refractivity contribution in [2.24, 2.45) is 5.73 Å². The summed E-state index contributed by atoms with van der Waals surface area (Å²) >= 11 is 0. The summed E-state index contributed by atoms with van der Waals surface area (Å²) in [5.41, 5.74) is 6.44. The monoisotopic (exact) mass is 260 g/mol. The van der Waals surface area contributed by atoms with Gasteiger partial charge in [0.25, 0.3) is 5.69 Å². The van der Waals surface area contributed by atoms with Crippen molar-refractivity contribution in [3.8, 4) is 11.4 Å². The Hall–Kier alpha value is -2.21. The molecule has 19 heavy (non-hydrogen) atoms. The van der Waals surface area contributed by atoms with Crippen molar-refractivity contribution in [1.82, 2.24) is 9.55 Å². The molecule has 100 valence electrons. The number of hydrogen-bond donors (Lipinski definition) is 1. The summed E-state index contributed by atoms with van der Waals surface area (Å²) in [5, 5.41) is 10.6. The minimum Gasteiger partial charge on any atom is -0.331 e. The van der Waals surface area contributed by atoms with Crippen molar-refractivity contribution in [3.63, 3.8) is 0 Å². The quantitative estimate of drug-likeness (QED) is 0.490. The second kappa shape index (κ2) is 6.10. The molecule has 0 unspecified atom stereocenters. The van der Waals surface area contributed by atoms with E-state index in [0.717, 1.165) is 30.8 Å². The number of nitro benzene ring substituents is 1. The molecule has 0 aliphatic carbocycles. The predicted molar refractivity (Wildman–Crippen MR) is 72.6 cm³/mol. The Morgan fingerprint density at radius 1 is 1.26 bits per heavy atom. The van der Waals surface area contributed by atoms with Crippen LogP contribution >= 0.6 is 0 Å². The summed E-state index contributed by atoms with van der Waals surface area (Å²) in [5.74, 6) is 0.826. The number of unbranched alkanes of at least 4 members (excludes halogenated alkanes) is 1. The lowest BCUT2D eigenvalue weighted by Gasteiger charge is -2.07. The zero-order valence-electron chi connectivity index (χ0n) is 10.5. The first-order valence-corrected chi connectivity index (χ1v) is 6.18. The largest absolute Gasteiger partial charge is 0.331 e. The molecule has 1 heterocycles. The molecule has 0 aliphatic rings. The first kappa shape index (κ1) is 13.2. The van der Waals surface area contributed by atoms with Gasteiger partial charge < -0.3 is 10.3 Å². The molecule has 2 aromatic rings. The van der Waals surface area contributed by atoms with Crippen LogP contribution in [0.4, 0.5) is 5.69 Å². The topological polar surface area (TPSA) is 87.0 Å². The van der Waals surface area contributed by atoms with Crippen LogP contribution < -0.4 is 5.73 Å². The average molecular weight is 260 g/mol. The van der Waals surface area contributed by atoms with Gasteiger partial charge in [-0.25, -0.2) is 4.98 Å². The molecular weight excluding hydrogens is 244 g/mol. The summed E-state index contributed by atoms with van der Waals surface area (Å²) in [4.78, 5) is 14.5. The van der Waals surface area contributed by atoms with Gasteiger partial charge in [-0.15, -0.1) is 0 Å². The Morgan fingerprint density at radius 3 is 2.63 bits per heavy atom. The maximum atomic E-state index is 10.6. The van der Waals surface area contributed by atoms with E-state index in [2.05, 4.69) is 4.98 Å². The lowest BCUT2D eigenvalue weighted by atomic mass is 10.2. The highest BCUT2D eigenvalue weighted by molar-refractivity contribution is 5.57. The molecule has 0 radical (unpaired) electrons. The van der Waals surface area contributed by atoms with E-state index in [1.807, 2.05) is 10.8 Å². The summed E-state index contributed by atoms with van der Waals surface area (Å²) < 4.78 is 2.04. The fourth-order valence-electron chi connectivity index (χ4n) is 1.91. The van der Waals surface area contributed by atoms with E-state index in [-0.39, 0.29) is 5.69 Å². The molecule has 0 saturated heterocycles. The Morgan fingerprint density at radius 2 is 2.00 bits per heavy atom. The van der Waals surface area contributed by atoms with E-state index in [4.69, 9.17) is 5.73 Å². The number of rotatable bonds is 6. The number of aromatic nitrogens is 2. The molecule has 0 spiro atoms. The van der Waals surface area contributed by atoms with Crippen LogP contribution in [0.3, 0.4) is 0 Å². The highest BCUT2D eigenvalue weighted by Gasteiger charge is 2.09. The first-order chi connectivity index (χ1) is 9.22. The minimum atomic E-state index is -0.405. The molecule has 0 amide bonds. The summed E-state index contributed by atoms with van der Waals surface area (Å²) in [6, 6.07) is 6.43. The third kappa shape index (κ3) is 3.17. The molecule has 1 aromatic heterocycles.